The molecular formula is C15H26N4O. The van der Waals surface area contributed by atoms with Crippen LogP contribution in [0.3, 0.4) is 0 Å². The van der Waals surface area contributed by atoms with Crippen LogP contribution in [0.25, 0.3) is 0 Å². The van der Waals surface area contributed by atoms with E-state index in [1.165, 1.54) is 12.8 Å². The number of nitrogens with zero attached hydrogens (tertiary/aromatic N) is 3. The third-order valence-corrected chi connectivity index (χ3v) is 3.39. The minimum absolute atomic E-state index is 0.539. The summed E-state index contributed by atoms with van der Waals surface area (Å²) >= 11 is 0. The first-order valence-corrected chi connectivity index (χ1v) is 7.51. The summed E-state index contributed by atoms with van der Waals surface area (Å²) in [6, 6.07) is 0. The molecule has 0 radical (unpaired) electrons. The second-order valence-electron chi connectivity index (χ2n) is 5.67. The molecule has 0 spiro atoms. The highest BCUT2D eigenvalue weighted by Crippen LogP contribution is 2.39. The molecule has 5 nitrogen and oxygen atoms in total. The lowest BCUT2D eigenvalue weighted by Crippen LogP contribution is -2.16. The van der Waals surface area contributed by atoms with Gasteiger partial charge in [-0.2, -0.15) is 4.98 Å². The molecule has 1 heterocycles. The van der Waals surface area contributed by atoms with E-state index in [2.05, 4.69) is 41.2 Å². The zero-order chi connectivity index (χ0) is 14.5. The van der Waals surface area contributed by atoms with Gasteiger partial charge in [0.25, 0.3) is 0 Å². The van der Waals surface area contributed by atoms with Crippen molar-refractivity contribution < 1.29 is 4.74 Å². The average molecular weight is 278 g/mol. The van der Waals surface area contributed by atoms with Gasteiger partial charge in [0, 0.05) is 19.0 Å². The molecule has 0 atom stereocenters. The van der Waals surface area contributed by atoms with E-state index in [1.54, 1.807) is 0 Å². The van der Waals surface area contributed by atoms with Gasteiger partial charge in [-0.25, -0.2) is 4.98 Å². The van der Waals surface area contributed by atoms with E-state index < -0.39 is 0 Å². The normalized spacial score (nSPS) is 14.7. The van der Waals surface area contributed by atoms with Crippen LogP contribution in [0.1, 0.15) is 43.5 Å². The van der Waals surface area contributed by atoms with E-state index in [-0.39, 0.29) is 0 Å². The molecule has 1 fully saturated rings. The molecule has 112 valence electrons. The lowest BCUT2D eigenvalue weighted by molar-refractivity contribution is 0.270. The Morgan fingerprint density at radius 3 is 2.65 bits per heavy atom. The van der Waals surface area contributed by atoms with E-state index in [0.29, 0.717) is 12.5 Å². The van der Waals surface area contributed by atoms with Crippen molar-refractivity contribution in [2.75, 3.05) is 39.1 Å². The summed E-state index contributed by atoms with van der Waals surface area (Å²) < 4.78 is 5.88. The summed E-state index contributed by atoms with van der Waals surface area (Å²) in [5.41, 5.74) is 1.01. The van der Waals surface area contributed by atoms with Crippen LogP contribution in [0.4, 0.5) is 5.82 Å². The van der Waals surface area contributed by atoms with Crippen molar-refractivity contribution >= 4 is 5.82 Å². The van der Waals surface area contributed by atoms with Crippen molar-refractivity contribution in [1.82, 2.24) is 14.9 Å². The molecule has 0 bridgehead atoms. The van der Waals surface area contributed by atoms with Crippen LogP contribution in [0.15, 0.2) is 0 Å². The van der Waals surface area contributed by atoms with Gasteiger partial charge in [0.15, 0.2) is 0 Å². The van der Waals surface area contributed by atoms with Crippen LogP contribution >= 0.6 is 0 Å². The molecule has 0 aliphatic heterocycles. The predicted octanol–water partition coefficient (Wildman–Crippen LogP) is 2.42. The molecule has 1 aromatic rings. The Bertz CT molecular complexity index is 444. The summed E-state index contributed by atoms with van der Waals surface area (Å²) in [7, 11) is 4.15. The third-order valence-electron chi connectivity index (χ3n) is 3.39. The van der Waals surface area contributed by atoms with Gasteiger partial charge in [0.2, 0.25) is 5.88 Å². The quantitative estimate of drug-likeness (QED) is 0.740. The largest absolute Gasteiger partial charge is 0.477 e. The van der Waals surface area contributed by atoms with E-state index >= 15 is 0 Å². The van der Waals surface area contributed by atoms with Crippen molar-refractivity contribution in [3.05, 3.63) is 11.4 Å². The van der Waals surface area contributed by atoms with Crippen LogP contribution in [0, 0.1) is 6.92 Å². The monoisotopic (exact) mass is 278 g/mol. The smallest absolute Gasteiger partial charge is 0.221 e. The van der Waals surface area contributed by atoms with Gasteiger partial charge in [-0.05, 0) is 47.2 Å². The third kappa shape index (κ3) is 4.07. The Morgan fingerprint density at radius 1 is 1.30 bits per heavy atom. The van der Waals surface area contributed by atoms with Gasteiger partial charge in [0.1, 0.15) is 11.6 Å². The molecule has 0 amide bonds. The fourth-order valence-corrected chi connectivity index (χ4v) is 2.07. The summed E-state index contributed by atoms with van der Waals surface area (Å²) in [6.07, 6.45) is 3.41. The first-order valence-electron chi connectivity index (χ1n) is 7.51. The van der Waals surface area contributed by atoms with Crippen molar-refractivity contribution in [1.29, 1.82) is 0 Å². The Hall–Kier alpha value is -1.36. The molecule has 2 rings (SSSR count). The highest BCUT2D eigenvalue weighted by molar-refractivity contribution is 5.49. The number of anilines is 1. The van der Waals surface area contributed by atoms with Crippen LogP contribution in [-0.4, -0.2) is 48.7 Å². The molecule has 20 heavy (non-hydrogen) atoms. The Balaban J connectivity index is 2.05. The van der Waals surface area contributed by atoms with Gasteiger partial charge < -0.3 is 15.0 Å². The minimum atomic E-state index is 0.539. The van der Waals surface area contributed by atoms with Gasteiger partial charge in [-0.1, -0.05) is 0 Å². The van der Waals surface area contributed by atoms with E-state index in [1.807, 2.05) is 6.92 Å². The van der Waals surface area contributed by atoms with Crippen molar-refractivity contribution in [2.24, 2.45) is 0 Å². The first kappa shape index (κ1) is 15.0. The zero-order valence-electron chi connectivity index (χ0n) is 13.1. The number of ether oxygens (including phenoxy) is 1. The average Bonchev–Trinajstić information content (AvgIpc) is 3.22. The van der Waals surface area contributed by atoms with E-state index in [9.17, 15) is 0 Å². The molecule has 0 aromatic carbocycles. The van der Waals surface area contributed by atoms with Gasteiger partial charge in [-0.15, -0.1) is 0 Å². The highest BCUT2D eigenvalue weighted by atomic mass is 16.5. The topological polar surface area (TPSA) is 50.3 Å². The van der Waals surface area contributed by atoms with Crippen LogP contribution < -0.4 is 10.1 Å². The molecule has 5 heteroatoms. The van der Waals surface area contributed by atoms with Gasteiger partial charge >= 0.3 is 0 Å². The number of rotatable bonds is 8. The second kappa shape index (κ2) is 6.88. The van der Waals surface area contributed by atoms with Crippen LogP contribution in [-0.2, 0) is 0 Å². The molecule has 1 aromatic heterocycles. The van der Waals surface area contributed by atoms with Gasteiger partial charge in [-0.3, -0.25) is 0 Å². The molecule has 1 aliphatic carbocycles. The second-order valence-corrected chi connectivity index (χ2v) is 5.67. The summed E-state index contributed by atoms with van der Waals surface area (Å²) in [6.45, 7) is 6.69. The maximum Gasteiger partial charge on any atom is 0.221 e. The number of nitrogens with one attached hydrogen (secondary N) is 1. The highest BCUT2D eigenvalue weighted by Gasteiger charge is 2.28. The van der Waals surface area contributed by atoms with Crippen LogP contribution in [0.5, 0.6) is 5.88 Å². The number of hydrogen-bond acceptors (Lipinski definition) is 5. The Morgan fingerprint density at radius 2 is 2.05 bits per heavy atom. The Labute approximate surface area is 121 Å². The minimum Gasteiger partial charge on any atom is -0.477 e. The van der Waals surface area contributed by atoms with Crippen molar-refractivity contribution in [3.63, 3.8) is 0 Å². The molecule has 1 aliphatic rings. The maximum atomic E-state index is 5.88. The van der Waals surface area contributed by atoms with Gasteiger partial charge in [0.05, 0.1) is 12.2 Å². The Kier molecular flexibility index (Phi) is 5.17. The lowest BCUT2D eigenvalue weighted by Gasteiger charge is -2.14. The summed E-state index contributed by atoms with van der Waals surface area (Å²) in [4.78, 5) is 11.4. The zero-order valence-corrected chi connectivity index (χ0v) is 13.1. The standard InChI is InChI=1S/C15H26N4O/c1-5-16-13-11(2)15(20-10-6-9-19(3)4)18-14(17-13)12-7-8-12/h12H,5-10H2,1-4H3,(H,16,17,18). The summed E-state index contributed by atoms with van der Waals surface area (Å²) in [5, 5.41) is 3.31. The molecule has 1 saturated carbocycles. The van der Waals surface area contributed by atoms with Crippen molar-refractivity contribution in [3.8, 4) is 5.88 Å². The molecule has 1 N–H and O–H groups in total. The lowest BCUT2D eigenvalue weighted by atomic mass is 10.3. The van der Waals surface area contributed by atoms with Crippen molar-refractivity contribution in [2.45, 2.75) is 39.0 Å². The fourth-order valence-electron chi connectivity index (χ4n) is 2.07. The first-order chi connectivity index (χ1) is 9.61. The van der Waals surface area contributed by atoms with E-state index in [4.69, 9.17) is 4.74 Å². The maximum absolute atomic E-state index is 5.88. The van der Waals surface area contributed by atoms with Crippen LogP contribution in [0.2, 0.25) is 0 Å². The van der Waals surface area contributed by atoms with E-state index in [0.717, 1.165) is 42.6 Å². The number of aromatic nitrogens is 2. The molecule has 0 saturated heterocycles. The fraction of sp³-hybridized carbons (Fsp3) is 0.733. The molecule has 0 unspecified atom stereocenters. The SMILES string of the molecule is CCNc1nc(C2CC2)nc(OCCCN(C)C)c1C. The molecular weight excluding hydrogens is 252 g/mol. The number of hydrogen-bond donors (Lipinski definition) is 1. The summed E-state index contributed by atoms with van der Waals surface area (Å²) in [5.74, 6) is 3.15. The predicted molar refractivity (Wildman–Crippen MR) is 81.6 cm³/mol.